The van der Waals surface area contributed by atoms with Gasteiger partial charge in [-0.2, -0.15) is 4.39 Å². The van der Waals surface area contributed by atoms with Gasteiger partial charge in [0.15, 0.2) is 0 Å². The highest BCUT2D eigenvalue weighted by molar-refractivity contribution is 6.31. The van der Waals surface area contributed by atoms with E-state index >= 15 is 0 Å². The normalized spacial score (nSPS) is 11.8. The van der Waals surface area contributed by atoms with Crippen molar-refractivity contribution in [3.05, 3.63) is 58.5 Å². The van der Waals surface area contributed by atoms with Crippen molar-refractivity contribution >= 4 is 17.6 Å². The SMILES string of the molecule is COC(=O)c1ccccc1C(F)Oc1ncc(F)cc1Cl. The summed E-state index contributed by atoms with van der Waals surface area (Å²) in [7, 11) is 1.19. The van der Waals surface area contributed by atoms with E-state index in [0.717, 1.165) is 12.3 Å². The van der Waals surface area contributed by atoms with Crippen LogP contribution in [0.1, 0.15) is 22.3 Å². The maximum atomic E-state index is 14.2. The van der Waals surface area contributed by atoms with Crippen LogP contribution < -0.4 is 4.74 Å². The van der Waals surface area contributed by atoms with Gasteiger partial charge < -0.3 is 9.47 Å². The Morgan fingerprint density at radius 3 is 2.76 bits per heavy atom. The lowest BCUT2D eigenvalue weighted by atomic mass is 10.1. The maximum Gasteiger partial charge on any atom is 0.338 e. The number of nitrogens with zero attached hydrogens (tertiary/aromatic N) is 1. The zero-order valence-corrected chi connectivity index (χ0v) is 11.6. The van der Waals surface area contributed by atoms with E-state index in [1.807, 2.05) is 0 Å². The van der Waals surface area contributed by atoms with E-state index in [2.05, 4.69) is 9.72 Å². The van der Waals surface area contributed by atoms with Gasteiger partial charge in [0.1, 0.15) is 10.8 Å². The van der Waals surface area contributed by atoms with E-state index < -0.39 is 18.1 Å². The van der Waals surface area contributed by atoms with E-state index in [-0.39, 0.29) is 22.0 Å². The van der Waals surface area contributed by atoms with Crippen molar-refractivity contribution in [3.8, 4) is 5.88 Å². The van der Waals surface area contributed by atoms with Gasteiger partial charge in [-0.05, 0) is 12.1 Å². The molecule has 0 aliphatic carbocycles. The van der Waals surface area contributed by atoms with Crippen LogP contribution in [0.2, 0.25) is 5.02 Å². The highest BCUT2D eigenvalue weighted by atomic mass is 35.5. The van der Waals surface area contributed by atoms with Gasteiger partial charge in [-0.25, -0.2) is 14.2 Å². The number of hydrogen-bond donors (Lipinski definition) is 0. The Kier molecular flexibility index (Phi) is 4.70. The van der Waals surface area contributed by atoms with E-state index in [9.17, 15) is 13.6 Å². The molecule has 1 atom stereocenters. The molecule has 0 aliphatic heterocycles. The number of hydrogen-bond acceptors (Lipinski definition) is 4. The van der Waals surface area contributed by atoms with Crippen molar-refractivity contribution in [2.24, 2.45) is 0 Å². The fraction of sp³-hybridized carbons (Fsp3) is 0.143. The first-order chi connectivity index (χ1) is 10.0. The molecule has 7 heteroatoms. The van der Waals surface area contributed by atoms with Crippen molar-refractivity contribution in [1.82, 2.24) is 4.98 Å². The van der Waals surface area contributed by atoms with E-state index in [4.69, 9.17) is 16.3 Å². The monoisotopic (exact) mass is 313 g/mol. The second-order valence-electron chi connectivity index (χ2n) is 3.95. The minimum Gasteiger partial charge on any atom is -0.465 e. The Bertz CT molecular complexity index is 666. The Hall–Kier alpha value is -2.21. The highest BCUT2D eigenvalue weighted by Crippen LogP contribution is 2.29. The lowest BCUT2D eigenvalue weighted by Gasteiger charge is -2.14. The number of halogens is 3. The molecule has 21 heavy (non-hydrogen) atoms. The molecule has 1 unspecified atom stereocenters. The molecule has 1 heterocycles. The molecular formula is C14H10ClF2NO3. The Morgan fingerprint density at radius 1 is 1.38 bits per heavy atom. The van der Waals surface area contributed by atoms with Crippen LogP contribution in [0.3, 0.4) is 0 Å². The molecule has 0 spiro atoms. The molecule has 0 radical (unpaired) electrons. The van der Waals surface area contributed by atoms with Gasteiger partial charge in [-0.3, -0.25) is 0 Å². The minimum atomic E-state index is -2.00. The van der Waals surface area contributed by atoms with Crippen LogP contribution in [-0.2, 0) is 4.74 Å². The fourth-order valence-electron chi connectivity index (χ4n) is 1.64. The predicted molar refractivity (Wildman–Crippen MR) is 71.5 cm³/mol. The number of carbonyl (C=O) groups excluding carboxylic acids is 1. The molecule has 2 rings (SSSR count). The summed E-state index contributed by atoms with van der Waals surface area (Å²) < 4.78 is 36.6. The quantitative estimate of drug-likeness (QED) is 0.807. The molecule has 2 aromatic rings. The van der Waals surface area contributed by atoms with Gasteiger partial charge in [-0.1, -0.05) is 29.8 Å². The van der Waals surface area contributed by atoms with Crippen LogP contribution in [0, 0.1) is 5.82 Å². The third kappa shape index (κ3) is 3.46. The van der Waals surface area contributed by atoms with Gasteiger partial charge in [0, 0.05) is 5.56 Å². The van der Waals surface area contributed by atoms with Crippen LogP contribution in [0.5, 0.6) is 5.88 Å². The molecule has 0 fully saturated rings. The van der Waals surface area contributed by atoms with Crippen LogP contribution >= 0.6 is 11.6 Å². The standard InChI is InChI=1S/C14H10ClF2NO3/c1-20-14(19)10-5-3-2-4-9(10)12(17)21-13-11(15)6-8(16)7-18-13/h2-7,12H,1H3. The molecule has 0 bridgehead atoms. The first-order valence-electron chi connectivity index (χ1n) is 5.82. The van der Waals surface area contributed by atoms with Gasteiger partial charge in [0.2, 0.25) is 5.88 Å². The zero-order chi connectivity index (χ0) is 15.4. The van der Waals surface area contributed by atoms with E-state index in [1.165, 1.54) is 25.3 Å². The average molecular weight is 314 g/mol. The van der Waals surface area contributed by atoms with Crippen LogP contribution in [0.15, 0.2) is 36.5 Å². The summed E-state index contributed by atoms with van der Waals surface area (Å²) >= 11 is 5.70. The van der Waals surface area contributed by atoms with E-state index in [1.54, 1.807) is 6.07 Å². The number of pyridine rings is 1. The topological polar surface area (TPSA) is 48.4 Å². The number of carbonyl (C=O) groups is 1. The number of ether oxygens (including phenoxy) is 2. The zero-order valence-electron chi connectivity index (χ0n) is 10.8. The van der Waals surface area contributed by atoms with Gasteiger partial charge in [-0.15, -0.1) is 0 Å². The summed E-state index contributed by atoms with van der Waals surface area (Å²) in [6.07, 6.45) is -1.16. The molecule has 4 nitrogen and oxygen atoms in total. The third-order valence-corrected chi connectivity index (χ3v) is 2.87. The number of methoxy groups -OCH3 is 1. The summed E-state index contributed by atoms with van der Waals surface area (Å²) in [4.78, 5) is 15.1. The molecular weight excluding hydrogens is 304 g/mol. The fourth-order valence-corrected chi connectivity index (χ4v) is 1.84. The molecule has 0 saturated carbocycles. The molecule has 1 aromatic heterocycles. The maximum absolute atomic E-state index is 14.2. The highest BCUT2D eigenvalue weighted by Gasteiger charge is 2.21. The Labute approximate surface area is 124 Å². The number of benzene rings is 1. The minimum absolute atomic E-state index is 0.0192. The van der Waals surface area contributed by atoms with Gasteiger partial charge in [0.25, 0.3) is 6.36 Å². The largest absolute Gasteiger partial charge is 0.465 e. The summed E-state index contributed by atoms with van der Waals surface area (Å²) in [5, 5.41) is -0.173. The summed E-state index contributed by atoms with van der Waals surface area (Å²) in [6, 6.07) is 6.82. The molecule has 1 aromatic carbocycles. The lowest BCUT2D eigenvalue weighted by Crippen LogP contribution is -2.11. The summed E-state index contributed by atoms with van der Waals surface area (Å²) in [5.41, 5.74) is -0.0164. The molecule has 0 N–H and O–H groups in total. The first kappa shape index (κ1) is 15.2. The van der Waals surface area contributed by atoms with E-state index in [0.29, 0.717) is 0 Å². The van der Waals surface area contributed by atoms with Gasteiger partial charge in [0.05, 0.1) is 18.9 Å². The Balaban J connectivity index is 2.28. The smallest absolute Gasteiger partial charge is 0.338 e. The predicted octanol–water partition coefficient (Wildman–Crippen LogP) is 3.71. The molecule has 110 valence electrons. The van der Waals surface area contributed by atoms with Crippen LogP contribution in [0.4, 0.5) is 8.78 Å². The van der Waals surface area contributed by atoms with Gasteiger partial charge >= 0.3 is 5.97 Å². The number of esters is 1. The summed E-state index contributed by atoms with van der Waals surface area (Å²) in [5.74, 6) is -1.64. The molecule has 0 aliphatic rings. The van der Waals surface area contributed by atoms with Crippen molar-refractivity contribution in [2.75, 3.05) is 7.11 Å². The Morgan fingerprint density at radius 2 is 2.10 bits per heavy atom. The third-order valence-electron chi connectivity index (χ3n) is 2.60. The van der Waals surface area contributed by atoms with Crippen molar-refractivity contribution < 1.29 is 23.0 Å². The van der Waals surface area contributed by atoms with Crippen LogP contribution in [-0.4, -0.2) is 18.1 Å². The number of aromatic nitrogens is 1. The first-order valence-corrected chi connectivity index (χ1v) is 6.19. The average Bonchev–Trinajstić information content (AvgIpc) is 2.49. The number of rotatable bonds is 4. The molecule has 0 saturated heterocycles. The van der Waals surface area contributed by atoms with Crippen molar-refractivity contribution in [2.45, 2.75) is 6.36 Å². The lowest BCUT2D eigenvalue weighted by molar-refractivity contribution is 0.0515. The second-order valence-corrected chi connectivity index (χ2v) is 4.36. The van der Waals surface area contributed by atoms with Crippen molar-refractivity contribution in [1.29, 1.82) is 0 Å². The van der Waals surface area contributed by atoms with Crippen LogP contribution in [0.25, 0.3) is 0 Å². The summed E-state index contributed by atoms with van der Waals surface area (Å²) in [6.45, 7) is 0. The number of alkyl halides is 1. The second kappa shape index (κ2) is 6.49. The molecule has 0 amide bonds. The van der Waals surface area contributed by atoms with Crippen molar-refractivity contribution in [3.63, 3.8) is 0 Å².